The van der Waals surface area contributed by atoms with E-state index in [0.717, 1.165) is 18.2 Å². The van der Waals surface area contributed by atoms with E-state index in [1.165, 1.54) is 18.2 Å². The molecule has 0 bridgehead atoms. The summed E-state index contributed by atoms with van der Waals surface area (Å²) in [5.74, 6) is -1.28. The van der Waals surface area contributed by atoms with Gasteiger partial charge in [0.1, 0.15) is 23.1 Å². The number of hydrogen-bond donors (Lipinski definition) is 0. The van der Waals surface area contributed by atoms with Crippen LogP contribution in [0.4, 0.5) is 14.5 Å². The molecule has 0 aliphatic carbocycles. The van der Waals surface area contributed by atoms with Gasteiger partial charge >= 0.3 is 0 Å². The minimum atomic E-state index is -0.761. The first-order valence-corrected chi connectivity index (χ1v) is 6.59. The van der Waals surface area contributed by atoms with Crippen molar-refractivity contribution in [2.75, 3.05) is 0 Å². The minimum Gasteiger partial charge on any atom is -0.457 e. The first-order chi connectivity index (χ1) is 9.49. The number of alkyl halides is 1. The van der Waals surface area contributed by atoms with E-state index >= 15 is 0 Å². The highest BCUT2D eigenvalue weighted by molar-refractivity contribution is 9.08. The van der Waals surface area contributed by atoms with E-state index in [-0.39, 0.29) is 22.5 Å². The zero-order chi connectivity index (χ0) is 14.7. The second-order valence-electron chi connectivity index (χ2n) is 3.89. The number of hydrogen-bond acceptors (Lipinski definition) is 3. The lowest BCUT2D eigenvalue weighted by atomic mass is 10.2. The van der Waals surface area contributed by atoms with E-state index < -0.39 is 16.6 Å². The maximum Gasteiger partial charge on any atom is 0.273 e. The van der Waals surface area contributed by atoms with E-state index in [0.29, 0.717) is 5.56 Å². The maximum atomic E-state index is 13.0. The van der Waals surface area contributed by atoms with Crippen molar-refractivity contribution in [1.29, 1.82) is 0 Å². The molecule has 0 atom stereocenters. The van der Waals surface area contributed by atoms with Gasteiger partial charge in [0.25, 0.3) is 5.69 Å². The van der Waals surface area contributed by atoms with Crippen LogP contribution in [0.25, 0.3) is 0 Å². The average Bonchev–Trinajstić information content (AvgIpc) is 2.37. The lowest BCUT2D eigenvalue weighted by Crippen LogP contribution is -1.94. The van der Waals surface area contributed by atoms with Crippen LogP contribution < -0.4 is 4.74 Å². The summed E-state index contributed by atoms with van der Waals surface area (Å²) in [6.07, 6.45) is 0. The third-order valence-electron chi connectivity index (χ3n) is 2.46. The molecule has 0 amide bonds. The molecule has 4 nitrogen and oxygen atoms in total. The molecule has 0 aliphatic rings. The summed E-state index contributed by atoms with van der Waals surface area (Å²) in [6, 6.07) is 6.87. The molecule has 2 aromatic rings. The lowest BCUT2D eigenvalue weighted by molar-refractivity contribution is -0.385. The Labute approximate surface area is 121 Å². The van der Waals surface area contributed by atoms with Gasteiger partial charge in [-0.05, 0) is 12.1 Å². The summed E-state index contributed by atoms with van der Waals surface area (Å²) in [6.45, 7) is 0. The summed E-state index contributed by atoms with van der Waals surface area (Å²) in [7, 11) is 0. The molecule has 0 saturated heterocycles. The third kappa shape index (κ3) is 3.30. The van der Waals surface area contributed by atoms with Crippen molar-refractivity contribution in [2.45, 2.75) is 5.33 Å². The average molecular weight is 344 g/mol. The summed E-state index contributed by atoms with van der Waals surface area (Å²) in [5.41, 5.74) is 0.351. The number of halogens is 3. The van der Waals surface area contributed by atoms with Gasteiger partial charge in [-0.25, -0.2) is 8.78 Å². The highest BCUT2D eigenvalue weighted by Crippen LogP contribution is 2.29. The van der Waals surface area contributed by atoms with E-state index in [1.54, 1.807) is 0 Å². The summed E-state index contributed by atoms with van der Waals surface area (Å²) in [4.78, 5) is 10.3. The van der Waals surface area contributed by atoms with E-state index in [1.807, 2.05) is 0 Å². The Bertz CT molecular complexity index is 644. The van der Waals surface area contributed by atoms with Crippen LogP contribution in [0.3, 0.4) is 0 Å². The first kappa shape index (κ1) is 14.4. The van der Waals surface area contributed by atoms with Gasteiger partial charge in [0.2, 0.25) is 0 Å². The molecule has 0 radical (unpaired) electrons. The van der Waals surface area contributed by atoms with Crippen molar-refractivity contribution in [3.05, 3.63) is 63.7 Å². The Morgan fingerprint density at radius 2 is 1.75 bits per heavy atom. The minimum absolute atomic E-state index is 0.0168. The molecule has 20 heavy (non-hydrogen) atoms. The Hall–Kier alpha value is -2.02. The lowest BCUT2D eigenvalue weighted by Gasteiger charge is -2.07. The van der Waals surface area contributed by atoms with Crippen molar-refractivity contribution in [2.24, 2.45) is 0 Å². The molecule has 0 heterocycles. The van der Waals surface area contributed by atoms with Crippen molar-refractivity contribution in [3.8, 4) is 11.5 Å². The quantitative estimate of drug-likeness (QED) is 0.464. The SMILES string of the molecule is O=[N+]([O-])c1ccc(Oc2cc(F)cc(F)c2)cc1CBr. The van der Waals surface area contributed by atoms with E-state index in [2.05, 4.69) is 15.9 Å². The predicted octanol–water partition coefficient (Wildman–Crippen LogP) is 4.56. The molecule has 0 fully saturated rings. The predicted molar refractivity (Wildman–Crippen MR) is 72.2 cm³/mol. The highest BCUT2D eigenvalue weighted by atomic mass is 79.9. The number of nitro groups is 1. The summed E-state index contributed by atoms with van der Waals surface area (Å²) in [5, 5.41) is 11.0. The zero-order valence-electron chi connectivity index (χ0n) is 9.98. The van der Waals surface area contributed by atoms with Crippen LogP contribution >= 0.6 is 15.9 Å². The van der Waals surface area contributed by atoms with Gasteiger partial charge in [-0.1, -0.05) is 15.9 Å². The molecular formula is C13H8BrF2NO3. The van der Waals surface area contributed by atoms with Crippen molar-refractivity contribution in [1.82, 2.24) is 0 Å². The summed E-state index contributed by atoms with van der Waals surface area (Å²) >= 11 is 3.14. The number of ether oxygens (including phenoxy) is 1. The summed E-state index contributed by atoms with van der Waals surface area (Å²) < 4.78 is 31.4. The molecule has 0 spiro atoms. The van der Waals surface area contributed by atoms with Gasteiger partial charge in [-0.15, -0.1) is 0 Å². The largest absolute Gasteiger partial charge is 0.457 e. The van der Waals surface area contributed by atoms with Crippen LogP contribution in [-0.2, 0) is 5.33 Å². The maximum absolute atomic E-state index is 13.0. The van der Waals surface area contributed by atoms with Gasteiger partial charge < -0.3 is 4.74 Å². The van der Waals surface area contributed by atoms with E-state index in [4.69, 9.17) is 4.74 Å². The second-order valence-corrected chi connectivity index (χ2v) is 4.45. The number of rotatable bonds is 4. The normalized spacial score (nSPS) is 10.3. The van der Waals surface area contributed by atoms with Gasteiger partial charge in [-0.3, -0.25) is 10.1 Å². The van der Waals surface area contributed by atoms with Crippen LogP contribution in [0, 0.1) is 21.7 Å². The van der Waals surface area contributed by atoms with Crippen molar-refractivity contribution in [3.63, 3.8) is 0 Å². The number of nitrogens with zero attached hydrogens (tertiary/aromatic N) is 1. The topological polar surface area (TPSA) is 52.4 Å². The fourth-order valence-electron chi connectivity index (χ4n) is 1.63. The molecule has 0 unspecified atom stereocenters. The second kappa shape index (κ2) is 5.96. The van der Waals surface area contributed by atoms with E-state index in [9.17, 15) is 18.9 Å². The van der Waals surface area contributed by atoms with Gasteiger partial charge in [-0.2, -0.15) is 0 Å². The Balaban J connectivity index is 2.32. The zero-order valence-corrected chi connectivity index (χ0v) is 11.6. The molecule has 2 rings (SSSR count). The number of nitro benzene ring substituents is 1. The van der Waals surface area contributed by atoms with Crippen LogP contribution in [-0.4, -0.2) is 4.92 Å². The molecule has 0 aromatic heterocycles. The fraction of sp³-hybridized carbons (Fsp3) is 0.0769. The smallest absolute Gasteiger partial charge is 0.273 e. The van der Waals surface area contributed by atoms with Crippen LogP contribution in [0.2, 0.25) is 0 Å². The molecule has 104 valence electrons. The van der Waals surface area contributed by atoms with Crippen molar-refractivity contribution >= 4 is 21.6 Å². The monoisotopic (exact) mass is 343 g/mol. The number of benzene rings is 2. The van der Waals surface area contributed by atoms with Gasteiger partial charge in [0.05, 0.1) is 4.92 Å². The highest BCUT2D eigenvalue weighted by Gasteiger charge is 2.14. The molecule has 0 saturated carbocycles. The standard InChI is InChI=1S/C13H8BrF2NO3/c14-7-8-3-11(1-2-13(8)17(18)19)20-12-5-9(15)4-10(16)6-12/h1-6H,7H2. The molecule has 2 aromatic carbocycles. The molecule has 7 heteroatoms. The fourth-order valence-corrected chi connectivity index (χ4v) is 2.08. The first-order valence-electron chi connectivity index (χ1n) is 5.47. The third-order valence-corrected chi connectivity index (χ3v) is 3.07. The Morgan fingerprint density at radius 1 is 1.10 bits per heavy atom. The molecule has 0 N–H and O–H groups in total. The Kier molecular flexibility index (Phi) is 4.29. The van der Waals surface area contributed by atoms with Gasteiger partial charge in [0, 0.05) is 35.2 Å². The Morgan fingerprint density at radius 3 is 2.30 bits per heavy atom. The molecular weight excluding hydrogens is 336 g/mol. The van der Waals surface area contributed by atoms with Crippen LogP contribution in [0.1, 0.15) is 5.56 Å². The van der Waals surface area contributed by atoms with Crippen LogP contribution in [0.15, 0.2) is 36.4 Å². The molecule has 0 aliphatic heterocycles. The van der Waals surface area contributed by atoms with Crippen LogP contribution in [0.5, 0.6) is 11.5 Å². The van der Waals surface area contributed by atoms with Crippen molar-refractivity contribution < 1.29 is 18.4 Å². The van der Waals surface area contributed by atoms with Gasteiger partial charge in [0.15, 0.2) is 0 Å².